The quantitative estimate of drug-likeness (QED) is 0.845. The molecule has 0 radical (unpaired) electrons. The van der Waals surface area contributed by atoms with E-state index in [1.807, 2.05) is 31.2 Å². The third kappa shape index (κ3) is 4.54. The van der Waals surface area contributed by atoms with Crippen molar-refractivity contribution in [2.75, 3.05) is 20.8 Å². The van der Waals surface area contributed by atoms with E-state index < -0.39 is 16.1 Å². The average molecular weight is 335 g/mol. The summed E-state index contributed by atoms with van der Waals surface area (Å²) >= 11 is 0. The molecule has 0 aliphatic heterocycles. The lowest BCUT2D eigenvalue weighted by Gasteiger charge is -2.17. The largest absolute Gasteiger partial charge is 0.497 e. The molecule has 1 unspecified atom stereocenters. The molecule has 2 aromatic carbocycles. The molecule has 0 spiro atoms. The third-order valence-electron chi connectivity index (χ3n) is 3.54. The van der Waals surface area contributed by atoms with Gasteiger partial charge in [0.15, 0.2) is 0 Å². The second kappa shape index (κ2) is 7.59. The second-order valence-electron chi connectivity index (χ2n) is 5.17. The Labute approximate surface area is 137 Å². The van der Waals surface area contributed by atoms with Crippen molar-refractivity contribution in [2.24, 2.45) is 0 Å². The summed E-state index contributed by atoms with van der Waals surface area (Å²) in [6.45, 7) is 2.05. The number of sulfonamides is 1. The number of rotatable bonds is 7. The van der Waals surface area contributed by atoms with Crippen molar-refractivity contribution >= 4 is 10.0 Å². The van der Waals surface area contributed by atoms with E-state index in [1.54, 1.807) is 38.5 Å². The number of methoxy groups -OCH3 is 2. The Kier molecular flexibility index (Phi) is 5.76. The maximum atomic E-state index is 12.3. The van der Waals surface area contributed by atoms with Crippen LogP contribution in [0, 0.1) is 6.92 Å². The molecule has 0 heterocycles. The van der Waals surface area contributed by atoms with E-state index in [2.05, 4.69) is 4.72 Å². The first-order chi connectivity index (χ1) is 11.0. The second-order valence-corrected chi connectivity index (χ2v) is 6.93. The smallest absolute Gasteiger partial charge is 0.240 e. The molecular formula is C17H21NO4S. The maximum Gasteiger partial charge on any atom is 0.240 e. The average Bonchev–Trinajstić information content (AvgIpc) is 2.56. The van der Waals surface area contributed by atoms with Crippen molar-refractivity contribution in [3.05, 3.63) is 59.7 Å². The van der Waals surface area contributed by atoms with Crippen LogP contribution in [0.25, 0.3) is 0 Å². The Bertz CT molecular complexity index is 741. The van der Waals surface area contributed by atoms with Gasteiger partial charge in [0.2, 0.25) is 10.0 Å². The fourth-order valence-corrected chi connectivity index (χ4v) is 3.20. The van der Waals surface area contributed by atoms with Crippen LogP contribution in [0.3, 0.4) is 0 Å². The van der Waals surface area contributed by atoms with Gasteiger partial charge in [0.25, 0.3) is 0 Å². The highest BCUT2D eigenvalue weighted by Gasteiger charge is 2.18. The van der Waals surface area contributed by atoms with Gasteiger partial charge in [-0.25, -0.2) is 13.1 Å². The molecule has 2 aromatic rings. The Hall–Kier alpha value is -1.89. The van der Waals surface area contributed by atoms with E-state index in [1.165, 1.54) is 0 Å². The SMILES string of the molecule is COc1cccc(C(CNS(=O)(=O)c2ccc(C)cc2)OC)c1. The van der Waals surface area contributed by atoms with Crippen LogP contribution in [0.1, 0.15) is 17.2 Å². The van der Waals surface area contributed by atoms with Gasteiger partial charge in [0.05, 0.1) is 18.1 Å². The molecule has 0 fully saturated rings. The normalized spacial score (nSPS) is 12.8. The van der Waals surface area contributed by atoms with Gasteiger partial charge in [-0.15, -0.1) is 0 Å². The van der Waals surface area contributed by atoms with Crippen molar-refractivity contribution in [2.45, 2.75) is 17.9 Å². The standard InChI is InChI=1S/C17H21NO4S/c1-13-7-9-16(10-8-13)23(19,20)18-12-17(22-3)14-5-4-6-15(11-14)21-2/h4-11,17-18H,12H2,1-3H3. The highest BCUT2D eigenvalue weighted by atomic mass is 32.2. The molecule has 0 saturated carbocycles. The van der Waals surface area contributed by atoms with Crippen molar-refractivity contribution in [1.29, 1.82) is 0 Å². The van der Waals surface area contributed by atoms with Crippen LogP contribution in [0.4, 0.5) is 0 Å². The van der Waals surface area contributed by atoms with E-state index in [0.717, 1.165) is 11.1 Å². The van der Waals surface area contributed by atoms with Crippen molar-refractivity contribution in [1.82, 2.24) is 4.72 Å². The zero-order chi connectivity index (χ0) is 16.9. The molecule has 1 N–H and O–H groups in total. The first-order valence-corrected chi connectivity index (χ1v) is 8.67. The number of benzene rings is 2. The fraction of sp³-hybridized carbons (Fsp3) is 0.294. The highest BCUT2D eigenvalue weighted by molar-refractivity contribution is 7.89. The highest BCUT2D eigenvalue weighted by Crippen LogP contribution is 2.21. The minimum atomic E-state index is -3.57. The molecule has 0 bridgehead atoms. The zero-order valence-electron chi connectivity index (χ0n) is 13.4. The number of hydrogen-bond acceptors (Lipinski definition) is 4. The number of hydrogen-bond donors (Lipinski definition) is 1. The number of ether oxygens (including phenoxy) is 2. The molecule has 0 amide bonds. The summed E-state index contributed by atoms with van der Waals surface area (Å²) in [7, 11) is -0.437. The molecule has 2 rings (SSSR count). The third-order valence-corrected chi connectivity index (χ3v) is 4.98. The minimum Gasteiger partial charge on any atom is -0.497 e. The molecule has 0 aromatic heterocycles. The molecule has 1 atom stereocenters. The molecule has 0 aliphatic rings. The number of aryl methyl sites for hydroxylation is 1. The molecule has 23 heavy (non-hydrogen) atoms. The van der Waals surface area contributed by atoms with Gasteiger partial charge < -0.3 is 9.47 Å². The lowest BCUT2D eigenvalue weighted by Crippen LogP contribution is -2.29. The van der Waals surface area contributed by atoms with E-state index in [0.29, 0.717) is 5.75 Å². The van der Waals surface area contributed by atoms with E-state index in [4.69, 9.17) is 9.47 Å². The summed E-state index contributed by atoms with van der Waals surface area (Å²) in [5, 5.41) is 0. The summed E-state index contributed by atoms with van der Waals surface area (Å²) in [5.74, 6) is 0.700. The summed E-state index contributed by atoms with van der Waals surface area (Å²) in [5.41, 5.74) is 1.86. The number of nitrogens with one attached hydrogen (secondary N) is 1. The van der Waals surface area contributed by atoms with Gasteiger partial charge in [-0.3, -0.25) is 0 Å². The van der Waals surface area contributed by atoms with Gasteiger partial charge in [-0.05, 0) is 36.8 Å². The topological polar surface area (TPSA) is 64.6 Å². The summed E-state index contributed by atoms with van der Waals surface area (Å²) in [4.78, 5) is 0.239. The molecule has 0 saturated heterocycles. The molecule has 124 valence electrons. The molecule has 6 heteroatoms. The first kappa shape index (κ1) is 17.5. The Balaban J connectivity index is 2.11. The minimum absolute atomic E-state index is 0.139. The van der Waals surface area contributed by atoms with Crippen LogP contribution in [0.2, 0.25) is 0 Å². The van der Waals surface area contributed by atoms with Crippen LogP contribution in [-0.2, 0) is 14.8 Å². The Morgan fingerprint density at radius 2 is 1.78 bits per heavy atom. The zero-order valence-corrected chi connectivity index (χ0v) is 14.3. The summed E-state index contributed by atoms with van der Waals surface area (Å²) in [6.07, 6.45) is -0.398. The van der Waals surface area contributed by atoms with Gasteiger partial charge in [0.1, 0.15) is 5.75 Å². The van der Waals surface area contributed by atoms with Crippen LogP contribution >= 0.6 is 0 Å². The van der Waals surface area contributed by atoms with Crippen LogP contribution in [0.5, 0.6) is 5.75 Å². The van der Waals surface area contributed by atoms with Gasteiger partial charge in [-0.2, -0.15) is 0 Å². The summed E-state index contributed by atoms with van der Waals surface area (Å²) in [6, 6.07) is 14.1. The van der Waals surface area contributed by atoms with E-state index in [-0.39, 0.29) is 11.4 Å². The fourth-order valence-electron chi connectivity index (χ4n) is 2.17. The van der Waals surface area contributed by atoms with Crippen LogP contribution in [0.15, 0.2) is 53.4 Å². The molecular weight excluding hydrogens is 314 g/mol. The lowest BCUT2D eigenvalue weighted by molar-refractivity contribution is 0.107. The van der Waals surface area contributed by atoms with Crippen LogP contribution in [-0.4, -0.2) is 29.2 Å². The van der Waals surface area contributed by atoms with E-state index >= 15 is 0 Å². The predicted octanol–water partition coefficient (Wildman–Crippen LogP) is 2.67. The molecule has 0 aliphatic carbocycles. The first-order valence-electron chi connectivity index (χ1n) is 7.19. The predicted molar refractivity (Wildman–Crippen MR) is 89.1 cm³/mol. The van der Waals surface area contributed by atoms with Gasteiger partial charge in [0, 0.05) is 13.7 Å². The van der Waals surface area contributed by atoms with Crippen molar-refractivity contribution < 1.29 is 17.9 Å². The Morgan fingerprint density at radius 3 is 2.39 bits per heavy atom. The van der Waals surface area contributed by atoms with E-state index in [9.17, 15) is 8.42 Å². The maximum absolute atomic E-state index is 12.3. The molecule has 5 nitrogen and oxygen atoms in total. The Morgan fingerprint density at radius 1 is 1.09 bits per heavy atom. The van der Waals surface area contributed by atoms with Gasteiger partial charge in [-0.1, -0.05) is 29.8 Å². The van der Waals surface area contributed by atoms with Crippen molar-refractivity contribution in [3.63, 3.8) is 0 Å². The lowest BCUT2D eigenvalue weighted by atomic mass is 10.1. The van der Waals surface area contributed by atoms with Crippen molar-refractivity contribution in [3.8, 4) is 5.75 Å². The summed E-state index contributed by atoms with van der Waals surface area (Å²) < 4.78 is 37.8. The van der Waals surface area contributed by atoms with Crippen LogP contribution < -0.4 is 9.46 Å². The monoisotopic (exact) mass is 335 g/mol. The van der Waals surface area contributed by atoms with Gasteiger partial charge >= 0.3 is 0 Å².